The minimum absolute atomic E-state index is 0.00832. The van der Waals surface area contributed by atoms with E-state index in [1.807, 2.05) is 43.7 Å². The number of ether oxygens (including phenoxy) is 1. The molecule has 0 radical (unpaired) electrons. The molecule has 2 fully saturated rings. The molecule has 0 spiro atoms. The van der Waals surface area contributed by atoms with Crippen molar-refractivity contribution in [3.8, 4) is 17.0 Å². The third kappa shape index (κ3) is 3.92. The fraction of sp³-hybridized carbons (Fsp3) is 0.357. The van der Waals surface area contributed by atoms with E-state index in [0.717, 1.165) is 64.3 Å². The van der Waals surface area contributed by atoms with Crippen molar-refractivity contribution in [1.82, 2.24) is 29.3 Å². The molecule has 10 heteroatoms. The van der Waals surface area contributed by atoms with Crippen LogP contribution in [0.25, 0.3) is 33.2 Å². The van der Waals surface area contributed by atoms with Crippen LogP contribution in [0.3, 0.4) is 0 Å². The van der Waals surface area contributed by atoms with Crippen LogP contribution in [0.4, 0.5) is 11.6 Å². The molecule has 5 heterocycles. The van der Waals surface area contributed by atoms with Gasteiger partial charge in [0.05, 0.1) is 29.3 Å². The first kappa shape index (κ1) is 23.0. The SMILES string of the molecule is Cn1ccc(-c2cn(C3CC(O)C(COc4ccc5ccc(N6CCC6)nc5c4)C3)c3ncnc(N)c23)n1. The van der Waals surface area contributed by atoms with Crippen LogP contribution >= 0.6 is 0 Å². The Balaban J connectivity index is 1.11. The summed E-state index contributed by atoms with van der Waals surface area (Å²) in [6.07, 6.45) is 7.55. The van der Waals surface area contributed by atoms with Gasteiger partial charge in [0.25, 0.3) is 0 Å². The first-order chi connectivity index (χ1) is 18.5. The Bertz CT molecular complexity index is 1640. The van der Waals surface area contributed by atoms with Gasteiger partial charge in [-0.3, -0.25) is 4.68 Å². The van der Waals surface area contributed by atoms with Crippen LogP contribution in [-0.4, -0.2) is 60.2 Å². The van der Waals surface area contributed by atoms with Crippen molar-refractivity contribution in [3.05, 3.63) is 55.1 Å². The van der Waals surface area contributed by atoms with Gasteiger partial charge in [-0.05, 0) is 49.6 Å². The van der Waals surface area contributed by atoms with Gasteiger partial charge in [0, 0.05) is 61.5 Å². The van der Waals surface area contributed by atoms with Crippen molar-refractivity contribution < 1.29 is 9.84 Å². The van der Waals surface area contributed by atoms with Crippen molar-refractivity contribution >= 4 is 33.6 Å². The number of aliphatic hydroxyl groups excluding tert-OH is 1. The van der Waals surface area contributed by atoms with E-state index >= 15 is 0 Å². The molecule has 1 aliphatic heterocycles. The van der Waals surface area contributed by atoms with Gasteiger partial charge in [0.2, 0.25) is 0 Å². The molecule has 3 unspecified atom stereocenters. The van der Waals surface area contributed by atoms with Crippen LogP contribution in [0.5, 0.6) is 5.75 Å². The number of pyridine rings is 1. The Morgan fingerprint density at radius 1 is 1.11 bits per heavy atom. The summed E-state index contributed by atoms with van der Waals surface area (Å²) in [4.78, 5) is 15.9. The summed E-state index contributed by atoms with van der Waals surface area (Å²) >= 11 is 0. The van der Waals surface area contributed by atoms with Crippen molar-refractivity contribution in [2.45, 2.75) is 31.4 Å². The molecule has 7 rings (SSSR count). The van der Waals surface area contributed by atoms with Crippen LogP contribution in [0, 0.1) is 5.92 Å². The largest absolute Gasteiger partial charge is 0.493 e. The quantitative estimate of drug-likeness (QED) is 0.356. The number of fused-ring (bicyclic) bond motifs is 2. The van der Waals surface area contributed by atoms with E-state index < -0.39 is 6.10 Å². The number of rotatable bonds is 6. The average Bonchev–Trinajstić information content (AvgIpc) is 3.58. The summed E-state index contributed by atoms with van der Waals surface area (Å²) < 4.78 is 10.1. The molecule has 0 amide bonds. The predicted molar refractivity (Wildman–Crippen MR) is 146 cm³/mol. The van der Waals surface area contributed by atoms with Crippen molar-refractivity contribution in [1.29, 1.82) is 0 Å². The molecular weight excluding hydrogens is 480 g/mol. The number of hydrogen-bond donors (Lipinski definition) is 2. The zero-order valence-electron chi connectivity index (χ0n) is 21.2. The summed E-state index contributed by atoms with van der Waals surface area (Å²) in [5, 5.41) is 17.4. The molecule has 3 atom stereocenters. The minimum atomic E-state index is -0.480. The molecule has 0 bridgehead atoms. The molecule has 4 aromatic heterocycles. The van der Waals surface area contributed by atoms with Crippen LogP contribution in [0.1, 0.15) is 25.3 Å². The molecule has 2 aliphatic rings. The summed E-state index contributed by atoms with van der Waals surface area (Å²) in [7, 11) is 1.89. The zero-order valence-corrected chi connectivity index (χ0v) is 21.2. The number of benzene rings is 1. The number of anilines is 2. The fourth-order valence-corrected chi connectivity index (χ4v) is 5.72. The average molecular weight is 511 g/mol. The van der Waals surface area contributed by atoms with Gasteiger partial charge in [-0.2, -0.15) is 5.10 Å². The first-order valence-corrected chi connectivity index (χ1v) is 13.1. The number of nitrogens with zero attached hydrogens (tertiary/aromatic N) is 7. The normalized spacial score (nSPS) is 21.3. The maximum absolute atomic E-state index is 11.0. The summed E-state index contributed by atoms with van der Waals surface area (Å²) in [5.74, 6) is 2.20. The lowest BCUT2D eigenvalue weighted by molar-refractivity contribution is 0.0983. The second kappa shape index (κ2) is 8.98. The highest BCUT2D eigenvalue weighted by Crippen LogP contribution is 2.40. The standard InChI is InChI=1S/C28H30N8O2/c1-34-10-7-22(33-34)21-14-36(28-26(21)27(29)30-16-31-28)19-11-18(24(37)12-19)15-38-20-5-3-17-4-6-25(32-23(17)13-20)35-8-2-9-35/h3-7,10,13-14,16,18-19,24,37H,2,8-9,11-12,15H2,1H3,(H2,29,30,31). The van der Waals surface area contributed by atoms with Crippen LogP contribution < -0.4 is 15.4 Å². The Morgan fingerprint density at radius 2 is 1.97 bits per heavy atom. The van der Waals surface area contributed by atoms with Crippen LogP contribution in [0.15, 0.2) is 55.1 Å². The Morgan fingerprint density at radius 3 is 2.76 bits per heavy atom. The van der Waals surface area contributed by atoms with E-state index in [4.69, 9.17) is 15.5 Å². The lowest BCUT2D eigenvalue weighted by Gasteiger charge is -2.32. The van der Waals surface area contributed by atoms with Crippen molar-refractivity contribution in [2.75, 3.05) is 30.3 Å². The number of aliphatic hydroxyl groups is 1. The second-order valence-electron chi connectivity index (χ2n) is 10.4. The first-order valence-electron chi connectivity index (χ1n) is 13.1. The number of nitrogen functional groups attached to an aromatic ring is 1. The Hall–Kier alpha value is -4.18. The number of aryl methyl sites for hydroxylation is 1. The molecule has 1 aromatic carbocycles. The monoisotopic (exact) mass is 510 g/mol. The highest BCUT2D eigenvalue weighted by Gasteiger charge is 2.36. The van der Waals surface area contributed by atoms with E-state index in [9.17, 15) is 5.11 Å². The number of nitrogens with two attached hydrogens (primary N) is 1. The Kier molecular flexibility index (Phi) is 5.43. The maximum atomic E-state index is 11.0. The molecule has 1 saturated heterocycles. The van der Waals surface area contributed by atoms with Gasteiger partial charge < -0.3 is 25.0 Å². The van der Waals surface area contributed by atoms with E-state index in [-0.39, 0.29) is 12.0 Å². The molecule has 1 aliphatic carbocycles. The molecule has 3 N–H and O–H groups in total. The van der Waals surface area contributed by atoms with Crippen molar-refractivity contribution in [3.63, 3.8) is 0 Å². The molecule has 194 valence electrons. The lowest BCUT2D eigenvalue weighted by atomic mass is 10.1. The van der Waals surface area contributed by atoms with E-state index in [1.54, 1.807) is 4.68 Å². The maximum Gasteiger partial charge on any atom is 0.146 e. The van der Waals surface area contributed by atoms with Gasteiger partial charge >= 0.3 is 0 Å². The molecule has 10 nitrogen and oxygen atoms in total. The molecular formula is C28H30N8O2. The Labute approximate surface area is 219 Å². The van der Waals surface area contributed by atoms with Gasteiger partial charge in [-0.25, -0.2) is 15.0 Å². The van der Waals surface area contributed by atoms with Crippen LogP contribution in [-0.2, 0) is 7.05 Å². The van der Waals surface area contributed by atoms with Gasteiger partial charge in [0.1, 0.15) is 29.4 Å². The van der Waals surface area contributed by atoms with Crippen molar-refractivity contribution in [2.24, 2.45) is 13.0 Å². The predicted octanol–water partition coefficient (Wildman–Crippen LogP) is 3.56. The highest BCUT2D eigenvalue weighted by atomic mass is 16.5. The lowest BCUT2D eigenvalue weighted by Crippen LogP contribution is -2.37. The van der Waals surface area contributed by atoms with E-state index in [1.165, 1.54) is 12.7 Å². The topological polar surface area (TPSA) is 120 Å². The number of hydrogen-bond acceptors (Lipinski definition) is 8. The third-order valence-electron chi connectivity index (χ3n) is 7.95. The molecule has 5 aromatic rings. The third-order valence-corrected chi connectivity index (χ3v) is 7.95. The second-order valence-corrected chi connectivity index (χ2v) is 10.4. The smallest absolute Gasteiger partial charge is 0.146 e. The fourth-order valence-electron chi connectivity index (χ4n) is 5.72. The molecule has 38 heavy (non-hydrogen) atoms. The molecule has 1 saturated carbocycles. The van der Waals surface area contributed by atoms with E-state index in [0.29, 0.717) is 18.8 Å². The minimum Gasteiger partial charge on any atom is -0.493 e. The summed E-state index contributed by atoms with van der Waals surface area (Å²) in [5.41, 5.74) is 9.68. The van der Waals surface area contributed by atoms with Gasteiger partial charge in [-0.1, -0.05) is 0 Å². The zero-order chi connectivity index (χ0) is 25.8. The number of aromatic nitrogens is 6. The highest BCUT2D eigenvalue weighted by molar-refractivity contribution is 5.99. The summed E-state index contributed by atoms with van der Waals surface area (Å²) in [6, 6.07) is 12.2. The van der Waals surface area contributed by atoms with Crippen LogP contribution in [0.2, 0.25) is 0 Å². The van der Waals surface area contributed by atoms with E-state index in [2.05, 4.69) is 36.7 Å². The summed E-state index contributed by atoms with van der Waals surface area (Å²) in [6.45, 7) is 2.56. The van der Waals surface area contributed by atoms with Gasteiger partial charge in [0.15, 0.2) is 0 Å². The van der Waals surface area contributed by atoms with Gasteiger partial charge in [-0.15, -0.1) is 0 Å².